The van der Waals surface area contributed by atoms with Gasteiger partial charge >= 0.3 is 0 Å². The number of hydrazone groups is 1. The lowest BCUT2D eigenvalue weighted by Gasteiger charge is -2.20. The second kappa shape index (κ2) is 8.65. The molecule has 0 saturated carbocycles. The SMILES string of the molecule is Cc1ccc(C2=NN(C(=O)COc3ccc(Cl)cc3C(N)=O)C(c3ccco3)C2)cc1. The van der Waals surface area contributed by atoms with Gasteiger partial charge in [0.05, 0.1) is 17.5 Å². The van der Waals surface area contributed by atoms with E-state index in [1.54, 1.807) is 18.4 Å². The molecule has 2 amide bonds. The highest BCUT2D eigenvalue weighted by molar-refractivity contribution is 6.31. The number of furan rings is 1. The van der Waals surface area contributed by atoms with E-state index in [0.29, 0.717) is 17.2 Å². The van der Waals surface area contributed by atoms with Crippen molar-refractivity contribution in [2.45, 2.75) is 19.4 Å². The number of nitrogens with zero attached hydrogens (tertiary/aromatic N) is 2. The summed E-state index contributed by atoms with van der Waals surface area (Å²) < 4.78 is 11.1. The number of rotatable bonds is 6. The average molecular weight is 438 g/mol. The summed E-state index contributed by atoms with van der Waals surface area (Å²) in [6.07, 6.45) is 2.07. The number of nitrogens with two attached hydrogens (primary N) is 1. The highest BCUT2D eigenvalue weighted by Crippen LogP contribution is 2.33. The monoisotopic (exact) mass is 437 g/mol. The van der Waals surface area contributed by atoms with Crippen molar-refractivity contribution < 1.29 is 18.7 Å². The van der Waals surface area contributed by atoms with Gasteiger partial charge in [0, 0.05) is 11.4 Å². The molecular formula is C23H20ClN3O4. The maximum atomic E-state index is 13.0. The van der Waals surface area contributed by atoms with E-state index in [9.17, 15) is 9.59 Å². The van der Waals surface area contributed by atoms with E-state index in [1.165, 1.54) is 17.1 Å². The molecular weight excluding hydrogens is 418 g/mol. The van der Waals surface area contributed by atoms with Crippen molar-refractivity contribution in [1.29, 1.82) is 0 Å². The molecule has 1 unspecified atom stereocenters. The lowest BCUT2D eigenvalue weighted by atomic mass is 10.0. The molecule has 0 fully saturated rings. The van der Waals surface area contributed by atoms with Crippen LogP contribution >= 0.6 is 11.6 Å². The maximum absolute atomic E-state index is 13.0. The molecule has 2 heterocycles. The summed E-state index contributed by atoms with van der Waals surface area (Å²) in [5.41, 5.74) is 8.34. The van der Waals surface area contributed by atoms with E-state index in [1.807, 2.05) is 37.3 Å². The summed E-state index contributed by atoms with van der Waals surface area (Å²) in [6.45, 7) is 1.68. The molecule has 0 saturated heterocycles. The van der Waals surface area contributed by atoms with Gasteiger partial charge in [-0.1, -0.05) is 41.4 Å². The zero-order valence-corrected chi connectivity index (χ0v) is 17.5. The minimum atomic E-state index is -0.695. The van der Waals surface area contributed by atoms with Crippen molar-refractivity contribution in [3.63, 3.8) is 0 Å². The summed E-state index contributed by atoms with van der Waals surface area (Å²) in [5.74, 6) is -0.265. The highest BCUT2D eigenvalue weighted by Gasteiger charge is 2.35. The Morgan fingerprint density at radius 3 is 2.68 bits per heavy atom. The molecule has 8 heteroatoms. The Bertz CT molecular complexity index is 1140. The summed E-state index contributed by atoms with van der Waals surface area (Å²) in [6, 6.07) is 15.6. The molecule has 0 bridgehead atoms. The Balaban J connectivity index is 1.57. The van der Waals surface area contributed by atoms with Crippen molar-refractivity contribution in [1.82, 2.24) is 5.01 Å². The van der Waals surface area contributed by atoms with Crippen LogP contribution in [0.15, 0.2) is 70.4 Å². The fraction of sp³-hybridized carbons (Fsp3) is 0.174. The molecule has 1 atom stereocenters. The van der Waals surface area contributed by atoms with Crippen LogP contribution < -0.4 is 10.5 Å². The first-order valence-corrected chi connectivity index (χ1v) is 10.0. The average Bonchev–Trinajstić information content (AvgIpc) is 3.43. The molecule has 4 rings (SSSR count). The number of primary amides is 1. The number of halogens is 1. The number of amides is 2. The Labute approximate surface area is 184 Å². The molecule has 1 aliphatic rings. The van der Waals surface area contributed by atoms with E-state index in [2.05, 4.69) is 5.10 Å². The van der Waals surface area contributed by atoms with E-state index in [-0.39, 0.29) is 29.9 Å². The van der Waals surface area contributed by atoms with Crippen LogP contribution in [-0.2, 0) is 4.79 Å². The molecule has 7 nitrogen and oxygen atoms in total. The van der Waals surface area contributed by atoms with Gasteiger partial charge in [0.1, 0.15) is 17.6 Å². The van der Waals surface area contributed by atoms with E-state index in [4.69, 9.17) is 26.5 Å². The lowest BCUT2D eigenvalue weighted by Crippen LogP contribution is -2.31. The second-order valence-corrected chi connectivity index (χ2v) is 7.62. The predicted molar refractivity (Wildman–Crippen MR) is 116 cm³/mol. The molecule has 158 valence electrons. The van der Waals surface area contributed by atoms with E-state index < -0.39 is 5.91 Å². The van der Waals surface area contributed by atoms with Crippen molar-refractivity contribution in [3.05, 3.63) is 88.3 Å². The molecule has 3 aromatic rings. The van der Waals surface area contributed by atoms with Crippen molar-refractivity contribution in [3.8, 4) is 5.75 Å². The van der Waals surface area contributed by atoms with Gasteiger partial charge in [0.2, 0.25) is 0 Å². The Hall–Kier alpha value is -3.58. The Kier molecular flexibility index (Phi) is 5.77. The fourth-order valence-corrected chi connectivity index (χ4v) is 3.56. The van der Waals surface area contributed by atoms with Crippen LogP contribution in [0.3, 0.4) is 0 Å². The van der Waals surface area contributed by atoms with Gasteiger partial charge in [-0.2, -0.15) is 5.10 Å². The number of aryl methyl sites for hydroxylation is 1. The van der Waals surface area contributed by atoms with Gasteiger partial charge < -0.3 is 14.9 Å². The van der Waals surface area contributed by atoms with Gasteiger partial charge in [0.15, 0.2) is 6.61 Å². The number of hydrogen-bond acceptors (Lipinski definition) is 5. The fourth-order valence-electron chi connectivity index (χ4n) is 3.39. The topological polar surface area (TPSA) is 98.1 Å². The maximum Gasteiger partial charge on any atom is 0.281 e. The van der Waals surface area contributed by atoms with E-state index >= 15 is 0 Å². The highest BCUT2D eigenvalue weighted by atomic mass is 35.5. The first-order chi connectivity index (χ1) is 14.9. The number of ether oxygens (including phenoxy) is 1. The molecule has 2 N–H and O–H groups in total. The van der Waals surface area contributed by atoms with Gasteiger partial charge in [-0.15, -0.1) is 0 Å². The Morgan fingerprint density at radius 2 is 2.00 bits per heavy atom. The van der Waals surface area contributed by atoms with Crippen LogP contribution in [0.1, 0.15) is 39.7 Å². The molecule has 0 radical (unpaired) electrons. The van der Waals surface area contributed by atoms with Gasteiger partial charge in [-0.05, 0) is 42.8 Å². The van der Waals surface area contributed by atoms with Crippen LogP contribution in [0.2, 0.25) is 5.02 Å². The molecule has 1 aromatic heterocycles. The summed E-state index contributed by atoms with van der Waals surface area (Å²) >= 11 is 5.92. The van der Waals surface area contributed by atoms with Crippen LogP contribution in [0, 0.1) is 6.92 Å². The van der Waals surface area contributed by atoms with Crippen LogP contribution in [0.25, 0.3) is 0 Å². The number of carbonyl (C=O) groups excluding carboxylic acids is 2. The van der Waals surface area contributed by atoms with Crippen LogP contribution in [0.4, 0.5) is 0 Å². The molecule has 1 aliphatic heterocycles. The minimum Gasteiger partial charge on any atom is -0.483 e. The van der Waals surface area contributed by atoms with Gasteiger partial charge in [0.25, 0.3) is 11.8 Å². The van der Waals surface area contributed by atoms with E-state index in [0.717, 1.165) is 16.8 Å². The van der Waals surface area contributed by atoms with Crippen LogP contribution in [0.5, 0.6) is 5.75 Å². The minimum absolute atomic E-state index is 0.105. The van der Waals surface area contributed by atoms with Gasteiger partial charge in [-0.3, -0.25) is 9.59 Å². The van der Waals surface area contributed by atoms with Crippen molar-refractivity contribution in [2.75, 3.05) is 6.61 Å². The van der Waals surface area contributed by atoms with Crippen LogP contribution in [-0.4, -0.2) is 29.1 Å². The standard InChI is InChI=1S/C23H20ClN3O4/c1-14-4-6-15(7-5-14)18-12-19(21-3-2-10-30-21)27(26-18)22(28)13-31-20-9-8-16(24)11-17(20)23(25)29/h2-11,19H,12-13H2,1H3,(H2,25,29). The largest absolute Gasteiger partial charge is 0.483 e. The first-order valence-electron chi connectivity index (χ1n) is 9.64. The first kappa shape index (κ1) is 20.7. The predicted octanol–water partition coefficient (Wildman–Crippen LogP) is 4.10. The normalized spacial score (nSPS) is 15.6. The third-order valence-corrected chi connectivity index (χ3v) is 5.22. The summed E-state index contributed by atoms with van der Waals surface area (Å²) in [5, 5.41) is 6.27. The molecule has 2 aromatic carbocycles. The number of carbonyl (C=O) groups is 2. The van der Waals surface area contributed by atoms with Crippen molar-refractivity contribution >= 4 is 29.1 Å². The second-order valence-electron chi connectivity index (χ2n) is 7.18. The summed E-state index contributed by atoms with van der Waals surface area (Å²) in [4.78, 5) is 24.7. The summed E-state index contributed by atoms with van der Waals surface area (Å²) in [7, 11) is 0. The molecule has 0 aliphatic carbocycles. The molecule has 31 heavy (non-hydrogen) atoms. The third kappa shape index (κ3) is 4.46. The number of benzene rings is 2. The Morgan fingerprint density at radius 1 is 1.23 bits per heavy atom. The third-order valence-electron chi connectivity index (χ3n) is 4.98. The zero-order chi connectivity index (χ0) is 22.0. The number of hydrogen-bond donors (Lipinski definition) is 1. The smallest absolute Gasteiger partial charge is 0.281 e. The quantitative estimate of drug-likeness (QED) is 0.627. The molecule has 0 spiro atoms. The zero-order valence-electron chi connectivity index (χ0n) is 16.7. The lowest BCUT2D eigenvalue weighted by molar-refractivity contribution is -0.135. The van der Waals surface area contributed by atoms with Gasteiger partial charge in [-0.25, -0.2) is 5.01 Å². The van der Waals surface area contributed by atoms with Crippen molar-refractivity contribution in [2.24, 2.45) is 10.8 Å².